The third kappa shape index (κ3) is 6.85. The summed E-state index contributed by atoms with van der Waals surface area (Å²) in [7, 11) is 0. The molecule has 13 heteroatoms. The van der Waals surface area contributed by atoms with Crippen LogP contribution in [0, 0.1) is 11.3 Å². The van der Waals surface area contributed by atoms with Gasteiger partial charge in [-0.25, -0.2) is 4.79 Å². The second kappa shape index (κ2) is 10.4. The summed E-state index contributed by atoms with van der Waals surface area (Å²) in [6.45, 7) is 5.84. The van der Waals surface area contributed by atoms with E-state index in [1.807, 2.05) is 0 Å². The smallest absolute Gasteiger partial charge is 0.417 e. The molecule has 1 N–H and O–H groups in total. The molecule has 3 atom stereocenters. The van der Waals surface area contributed by atoms with Gasteiger partial charge in [-0.05, 0) is 51.3 Å². The Bertz CT molecular complexity index is 1060. The predicted octanol–water partition coefficient (Wildman–Crippen LogP) is 4.42. The van der Waals surface area contributed by atoms with Crippen molar-refractivity contribution in [1.29, 1.82) is 5.26 Å². The third-order valence-corrected chi connectivity index (χ3v) is 6.28. The normalized spacial score (nSPS) is 23.4. The van der Waals surface area contributed by atoms with E-state index < -0.39 is 59.1 Å². The quantitative estimate of drug-likeness (QED) is 0.568. The van der Waals surface area contributed by atoms with Crippen molar-refractivity contribution < 1.29 is 40.7 Å². The lowest BCUT2D eigenvalue weighted by molar-refractivity contribution is -0.156. The Morgan fingerprint density at radius 1 is 1.03 bits per heavy atom. The average molecular weight is 535 g/mol. The van der Waals surface area contributed by atoms with Crippen LogP contribution in [0.1, 0.15) is 56.2 Å². The van der Waals surface area contributed by atoms with Crippen molar-refractivity contribution in [2.45, 2.75) is 69.6 Å². The van der Waals surface area contributed by atoms with Crippen molar-refractivity contribution in [1.82, 2.24) is 15.1 Å². The second-order valence-electron chi connectivity index (χ2n) is 10.1. The molecular formula is C24H28F6N4O3. The Morgan fingerprint density at radius 3 is 2.22 bits per heavy atom. The van der Waals surface area contributed by atoms with Gasteiger partial charge >= 0.3 is 18.4 Å². The minimum Gasteiger partial charge on any atom is -0.444 e. The van der Waals surface area contributed by atoms with Crippen molar-refractivity contribution in [2.24, 2.45) is 0 Å². The van der Waals surface area contributed by atoms with Crippen LogP contribution >= 0.6 is 0 Å². The van der Waals surface area contributed by atoms with Crippen LogP contribution < -0.4 is 5.32 Å². The number of amides is 2. The fourth-order valence-corrected chi connectivity index (χ4v) is 4.61. The van der Waals surface area contributed by atoms with E-state index in [0.29, 0.717) is 19.0 Å². The Morgan fingerprint density at radius 2 is 1.65 bits per heavy atom. The lowest BCUT2D eigenvalue weighted by atomic mass is 9.88. The Kier molecular flexibility index (Phi) is 8.02. The number of halogens is 6. The Labute approximate surface area is 210 Å². The van der Waals surface area contributed by atoms with E-state index in [0.717, 1.165) is 12.1 Å². The van der Waals surface area contributed by atoms with Crippen LogP contribution in [0.3, 0.4) is 0 Å². The first-order valence-corrected chi connectivity index (χ1v) is 11.7. The number of carbonyl (C=O) groups excluding carboxylic acids is 2. The number of hydrogen-bond acceptors (Lipinski definition) is 5. The largest absolute Gasteiger partial charge is 0.444 e. The molecule has 1 unspecified atom stereocenters. The molecule has 0 aromatic heterocycles. The van der Waals surface area contributed by atoms with Gasteiger partial charge in [0.2, 0.25) is 5.91 Å². The van der Waals surface area contributed by atoms with Crippen LogP contribution in [0.5, 0.6) is 0 Å². The number of hydrogen-bond donors (Lipinski definition) is 1. The molecule has 0 aliphatic carbocycles. The molecular weight excluding hydrogens is 506 g/mol. The van der Waals surface area contributed by atoms with E-state index in [2.05, 4.69) is 5.32 Å². The molecule has 0 bridgehead atoms. The van der Waals surface area contributed by atoms with E-state index in [-0.39, 0.29) is 31.6 Å². The van der Waals surface area contributed by atoms with Crippen LogP contribution in [0.2, 0.25) is 0 Å². The minimum atomic E-state index is -4.93. The highest BCUT2D eigenvalue weighted by atomic mass is 19.4. The minimum absolute atomic E-state index is 0.0761. The zero-order valence-corrected chi connectivity index (χ0v) is 20.5. The number of ether oxygens (including phenoxy) is 1. The number of nitrogens with zero attached hydrogens (tertiary/aromatic N) is 3. The van der Waals surface area contributed by atoms with Gasteiger partial charge in [-0.15, -0.1) is 0 Å². The maximum atomic E-state index is 13.9. The van der Waals surface area contributed by atoms with Crippen molar-refractivity contribution in [3.05, 3.63) is 34.9 Å². The van der Waals surface area contributed by atoms with E-state index in [9.17, 15) is 35.9 Å². The summed E-state index contributed by atoms with van der Waals surface area (Å²) in [5, 5.41) is 11.3. The first-order valence-electron chi connectivity index (χ1n) is 11.7. The standard InChI is InChI=1S/C24H28F6N4O3/c1-22(2,3)37-21(36)34-8-4-7-33(9-10-34)20(35)18-12-16(19(32-18)24(28,29)30)14-5-6-15(13-31)17(11-14)23(25,26)27/h5-6,11,16,18-19,32H,4,7-10,12H2,1-3H3/t16?,18-,19+/m0/s1. The molecule has 2 aliphatic heterocycles. The summed E-state index contributed by atoms with van der Waals surface area (Å²) in [5.74, 6) is -2.08. The summed E-state index contributed by atoms with van der Waals surface area (Å²) in [6, 6.07) is 0.344. The highest BCUT2D eigenvalue weighted by Gasteiger charge is 2.53. The van der Waals surface area contributed by atoms with Gasteiger partial charge in [-0.2, -0.15) is 31.6 Å². The fraction of sp³-hybridized carbons (Fsp3) is 0.625. The predicted molar refractivity (Wildman–Crippen MR) is 119 cm³/mol. The van der Waals surface area contributed by atoms with Gasteiger partial charge in [-0.3, -0.25) is 10.1 Å². The molecule has 1 aromatic rings. The zero-order chi connectivity index (χ0) is 27.8. The van der Waals surface area contributed by atoms with Gasteiger partial charge in [-0.1, -0.05) is 6.07 Å². The van der Waals surface area contributed by atoms with Crippen LogP contribution in [-0.4, -0.2) is 71.8 Å². The molecule has 2 heterocycles. The molecule has 204 valence electrons. The number of nitrogens with one attached hydrogen (secondary N) is 1. The molecule has 0 radical (unpaired) electrons. The summed E-state index contributed by atoms with van der Waals surface area (Å²) < 4.78 is 87.2. The van der Waals surface area contributed by atoms with Crippen LogP contribution in [0.4, 0.5) is 31.1 Å². The van der Waals surface area contributed by atoms with Crippen LogP contribution in [0.15, 0.2) is 18.2 Å². The SMILES string of the molecule is CC(C)(C)OC(=O)N1CCCN(C(=O)[C@@H]2CC(c3ccc(C#N)c(C(F)(F)F)c3)[C@H](C(F)(F)F)N2)CC1. The van der Waals surface area contributed by atoms with Crippen LogP contribution in [-0.2, 0) is 15.7 Å². The number of benzene rings is 1. The summed E-state index contributed by atoms with van der Waals surface area (Å²) in [4.78, 5) is 28.3. The zero-order valence-electron chi connectivity index (χ0n) is 20.5. The molecule has 2 fully saturated rings. The molecule has 3 rings (SSSR count). The topological polar surface area (TPSA) is 85.7 Å². The highest BCUT2D eigenvalue weighted by Crippen LogP contribution is 2.42. The van der Waals surface area contributed by atoms with Gasteiger partial charge in [0.25, 0.3) is 0 Å². The third-order valence-electron chi connectivity index (χ3n) is 6.28. The molecule has 7 nitrogen and oxygen atoms in total. The molecule has 1 aromatic carbocycles. The van der Waals surface area contributed by atoms with E-state index in [4.69, 9.17) is 10.00 Å². The Hall–Kier alpha value is -3.01. The maximum absolute atomic E-state index is 13.9. The summed E-state index contributed by atoms with van der Waals surface area (Å²) in [5.41, 5.74) is -3.00. The Balaban J connectivity index is 1.79. The van der Waals surface area contributed by atoms with Gasteiger partial charge < -0.3 is 14.5 Å². The van der Waals surface area contributed by atoms with Crippen molar-refractivity contribution in [3.63, 3.8) is 0 Å². The fourth-order valence-electron chi connectivity index (χ4n) is 4.61. The maximum Gasteiger partial charge on any atom is 0.417 e. The van der Waals surface area contributed by atoms with Gasteiger partial charge in [0.15, 0.2) is 0 Å². The van der Waals surface area contributed by atoms with Crippen molar-refractivity contribution >= 4 is 12.0 Å². The average Bonchev–Trinajstić information content (AvgIpc) is 3.08. The first kappa shape index (κ1) is 28.6. The van der Waals surface area contributed by atoms with E-state index >= 15 is 0 Å². The number of carbonyl (C=O) groups is 2. The first-order chi connectivity index (χ1) is 17.0. The van der Waals surface area contributed by atoms with E-state index in [1.165, 1.54) is 15.9 Å². The highest BCUT2D eigenvalue weighted by molar-refractivity contribution is 5.82. The van der Waals surface area contributed by atoms with E-state index in [1.54, 1.807) is 20.8 Å². The van der Waals surface area contributed by atoms with Gasteiger partial charge in [0.1, 0.15) is 11.6 Å². The van der Waals surface area contributed by atoms with Gasteiger partial charge in [0.05, 0.1) is 23.2 Å². The monoisotopic (exact) mass is 534 g/mol. The molecule has 2 amide bonds. The van der Waals surface area contributed by atoms with Gasteiger partial charge in [0, 0.05) is 32.1 Å². The number of alkyl halides is 6. The van der Waals surface area contributed by atoms with Crippen molar-refractivity contribution in [2.75, 3.05) is 26.2 Å². The molecule has 2 saturated heterocycles. The number of nitriles is 1. The lowest BCUT2D eigenvalue weighted by Crippen LogP contribution is -2.49. The second-order valence-corrected chi connectivity index (χ2v) is 10.1. The number of rotatable bonds is 2. The molecule has 37 heavy (non-hydrogen) atoms. The summed E-state index contributed by atoms with van der Waals surface area (Å²) in [6.07, 6.45) is -10.3. The molecule has 0 saturated carbocycles. The lowest BCUT2D eigenvalue weighted by Gasteiger charge is -2.27. The molecule has 2 aliphatic rings. The summed E-state index contributed by atoms with van der Waals surface area (Å²) >= 11 is 0. The molecule has 0 spiro atoms. The van der Waals surface area contributed by atoms with Crippen molar-refractivity contribution in [3.8, 4) is 6.07 Å². The van der Waals surface area contributed by atoms with Crippen LogP contribution in [0.25, 0.3) is 0 Å².